The van der Waals surface area contributed by atoms with E-state index in [0.717, 1.165) is 31.2 Å². The number of halogens is 1. The van der Waals surface area contributed by atoms with E-state index in [2.05, 4.69) is 24.0 Å². The van der Waals surface area contributed by atoms with Gasteiger partial charge in [-0.25, -0.2) is 4.39 Å². The Morgan fingerprint density at radius 2 is 1.72 bits per heavy atom. The fraction of sp³-hybridized carbons (Fsp3) is 0.400. The zero-order chi connectivity index (χ0) is 17.9. The Morgan fingerprint density at radius 3 is 2.44 bits per heavy atom. The highest BCUT2D eigenvalue weighted by Gasteiger charge is 2.09. The van der Waals surface area contributed by atoms with Crippen molar-refractivity contribution in [3.8, 4) is 11.6 Å². The molecule has 25 heavy (non-hydrogen) atoms. The fourth-order valence-electron chi connectivity index (χ4n) is 2.09. The van der Waals surface area contributed by atoms with E-state index >= 15 is 0 Å². The van der Waals surface area contributed by atoms with Crippen LogP contribution in [0.2, 0.25) is 0 Å². The van der Waals surface area contributed by atoms with Crippen molar-refractivity contribution in [2.24, 2.45) is 0 Å². The molecule has 0 saturated heterocycles. The van der Waals surface area contributed by atoms with Gasteiger partial charge in [-0.2, -0.15) is 0 Å². The first-order valence-corrected chi connectivity index (χ1v) is 8.80. The molecule has 0 aliphatic carbocycles. The second-order valence-corrected chi connectivity index (χ2v) is 5.73. The van der Waals surface area contributed by atoms with Crippen LogP contribution in [0.5, 0.6) is 11.6 Å². The lowest BCUT2D eigenvalue weighted by Crippen LogP contribution is -2.05. The predicted molar refractivity (Wildman–Crippen MR) is 98.2 cm³/mol. The summed E-state index contributed by atoms with van der Waals surface area (Å²) in [6.45, 7) is 5.42. The van der Waals surface area contributed by atoms with Crippen molar-refractivity contribution in [3.05, 3.63) is 47.4 Å². The van der Waals surface area contributed by atoms with Gasteiger partial charge in [0.2, 0.25) is 0 Å². The Morgan fingerprint density at radius 1 is 0.960 bits per heavy atom. The fourth-order valence-corrected chi connectivity index (χ4v) is 2.09. The van der Waals surface area contributed by atoms with E-state index in [4.69, 9.17) is 9.47 Å². The topological polar surface area (TPSA) is 44.2 Å². The molecule has 0 spiro atoms. The van der Waals surface area contributed by atoms with Crippen LogP contribution in [0.4, 0.5) is 4.39 Å². The minimum absolute atomic E-state index is 0.267. The van der Waals surface area contributed by atoms with Gasteiger partial charge in [-0.15, -0.1) is 10.2 Å². The van der Waals surface area contributed by atoms with Crippen molar-refractivity contribution >= 4 is 12.2 Å². The molecule has 0 fully saturated rings. The maximum atomic E-state index is 13.2. The van der Waals surface area contributed by atoms with Gasteiger partial charge in [0, 0.05) is 6.07 Å². The van der Waals surface area contributed by atoms with Crippen molar-refractivity contribution in [1.29, 1.82) is 0 Å². The van der Waals surface area contributed by atoms with Crippen molar-refractivity contribution in [2.75, 3.05) is 13.2 Å². The van der Waals surface area contributed by atoms with Crippen LogP contribution in [0.1, 0.15) is 50.8 Å². The summed E-state index contributed by atoms with van der Waals surface area (Å²) < 4.78 is 24.7. The summed E-state index contributed by atoms with van der Waals surface area (Å²) in [5.41, 5.74) is 1.40. The third kappa shape index (κ3) is 6.53. The van der Waals surface area contributed by atoms with E-state index < -0.39 is 0 Å². The summed E-state index contributed by atoms with van der Waals surface area (Å²) in [4.78, 5) is 0. The molecule has 0 atom stereocenters. The summed E-state index contributed by atoms with van der Waals surface area (Å²) in [6, 6.07) is 8.18. The number of rotatable bonds is 10. The zero-order valence-electron chi connectivity index (χ0n) is 14.9. The summed E-state index contributed by atoms with van der Waals surface area (Å²) in [5, 5.41) is 8.28. The molecule has 4 nitrogen and oxygen atoms in total. The van der Waals surface area contributed by atoms with Crippen molar-refractivity contribution in [1.82, 2.24) is 10.2 Å². The van der Waals surface area contributed by atoms with Crippen LogP contribution < -0.4 is 9.47 Å². The molecule has 0 aliphatic heterocycles. The van der Waals surface area contributed by atoms with Crippen molar-refractivity contribution < 1.29 is 13.9 Å². The van der Waals surface area contributed by atoms with E-state index in [9.17, 15) is 4.39 Å². The van der Waals surface area contributed by atoms with Gasteiger partial charge in [0.25, 0.3) is 5.88 Å². The van der Waals surface area contributed by atoms with Gasteiger partial charge in [-0.05, 0) is 36.6 Å². The number of hydrogen-bond donors (Lipinski definition) is 0. The largest absolute Gasteiger partial charge is 0.488 e. The minimum atomic E-state index is -0.267. The van der Waals surface area contributed by atoms with Crippen molar-refractivity contribution in [3.63, 3.8) is 0 Å². The van der Waals surface area contributed by atoms with Gasteiger partial charge in [-0.3, -0.25) is 0 Å². The molecule has 2 aromatic rings. The Balaban J connectivity index is 2.13. The van der Waals surface area contributed by atoms with Crippen LogP contribution in [0.3, 0.4) is 0 Å². The first-order valence-electron chi connectivity index (χ1n) is 8.80. The van der Waals surface area contributed by atoms with E-state index in [1.54, 1.807) is 24.3 Å². The number of ether oxygens (including phenoxy) is 2. The molecule has 0 saturated carbocycles. The highest BCUT2D eigenvalue weighted by Crippen LogP contribution is 2.25. The SMILES string of the molecule is CCCCOc1cc(/C=C/c2cccc(F)c2)nnc1OCCCC. The molecule has 0 unspecified atom stereocenters. The lowest BCUT2D eigenvalue weighted by molar-refractivity contribution is 0.250. The van der Waals surface area contributed by atoms with Gasteiger partial charge in [-0.1, -0.05) is 44.9 Å². The second kappa shape index (κ2) is 10.4. The van der Waals surface area contributed by atoms with Crippen LogP contribution in [0.25, 0.3) is 12.2 Å². The first-order chi connectivity index (χ1) is 12.2. The molecule has 0 amide bonds. The quantitative estimate of drug-likeness (QED) is 0.560. The average Bonchev–Trinajstić information content (AvgIpc) is 2.62. The molecule has 0 radical (unpaired) electrons. The normalized spacial score (nSPS) is 11.0. The van der Waals surface area contributed by atoms with Gasteiger partial charge < -0.3 is 9.47 Å². The van der Waals surface area contributed by atoms with Crippen LogP contribution in [0, 0.1) is 5.82 Å². The van der Waals surface area contributed by atoms with Crippen LogP contribution >= 0.6 is 0 Å². The van der Waals surface area contributed by atoms with Gasteiger partial charge in [0.1, 0.15) is 5.82 Å². The molecule has 1 aromatic carbocycles. The monoisotopic (exact) mass is 344 g/mol. The Bertz CT molecular complexity index is 689. The third-order valence-corrected chi connectivity index (χ3v) is 3.53. The number of hydrogen-bond acceptors (Lipinski definition) is 4. The lowest BCUT2D eigenvalue weighted by atomic mass is 10.2. The molecule has 0 aliphatic rings. The van der Waals surface area contributed by atoms with E-state index in [0.29, 0.717) is 30.5 Å². The second-order valence-electron chi connectivity index (χ2n) is 5.73. The average molecular weight is 344 g/mol. The Hall–Kier alpha value is -2.43. The molecule has 134 valence electrons. The van der Waals surface area contributed by atoms with E-state index in [-0.39, 0.29) is 5.82 Å². The number of nitrogens with zero attached hydrogens (tertiary/aromatic N) is 2. The first kappa shape index (κ1) is 18.9. The summed E-state index contributed by atoms with van der Waals surface area (Å²) in [7, 11) is 0. The number of unbranched alkanes of at least 4 members (excludes halogenated alkanes) is 2. The maximum Gasteiger partial charge on any atom is 0.276 e. The molecule has 2 rings (SSSR count). The number of aromatic nitrogens is 2. The molecular weight excluding hydrogens is 319 g/mol. The minimum Gasteiger partial charge on any atom is -0.488 e. The maximum absolute atomic E-state index is 13.2. The number of benzene rings is 1. The van der Waals surface area contributed by atoms with Crippen LogP contribution in [-0.2, 0) is 0 Å². The van der Waals surface area contributed by atoms with E-state index in [1.165, 1.54) is 12.1 Å². The molecule has 1 aromatic heterocycles. The van der Waals surface area contributed by atoms with Gasteiger partial charge in [0.15, 0.2) is 5.75 Å². The molecule has 5 heteroatoms. The van der Waals surface area contributed by atoms with Crippen LogP contribution in [0.15, 0.2) is 30.3 Å². The van der Waals surface area contributed by atoms with Gasteiger partial charge in [0.05, 0.1) is 18.9 Å². The summed E-state index contributed by atoms with van der Waals surface area (Å²) in [5.74, 6) is 0.752. The third-order valence-electron chi connectivity index (χ3n) is 3.53. The Labute approximate surface area is 148 Å². The molecule has 0 bridgehead atoms. The molecule has 1 heterocycles. The lowest BCUT2D eigenvalue weighted by Gasteiger charge is -2.11. The predicted octanol–water partition coefficient (Wildman–Crippen LogP) is 5.14. The Kier molecular flexibility index (Phi) is 7.89. The standard InChI is InChI=1S/C20H25FN2O2/c1-3-5-12-24-19-15-18(22-23-20(19)25-13-6-4-2)11-10-16-8-7-9-17(21)14-16/h7-11,14-15H,3-6,12-13H2,1-2H3/b11-10+. The van der Waals surface area contributed by atoms with Crippen LogP contribution in [-0.4, -0.2) is 23.4 Å². The highest BCUT2D eigenvalue weighted by molar-refractivity contribution is 5.68. The zero-order valence-corrected chi connectivity index (χ0v) is 14.9. The highest BCUT2D eigenvalue weighted by atomic mass is 19.1. The van der Waals surface area contributed by atoms with Crippen molar-refractivity contribution in [2.45, 2.75) is 39.5 Å². The smallest absolute Gasteiger partial charge is 0.276 e. The molecule has 0 N–H and O–H groups in total. The molecular formula is C20H25FN2O2. The van der Waals surface area contributed by atoms with E-state index in [1.807, 2.05) is 6.07 Å². The summed E-state index contributed by atoms with van der Waals surface area (Å²) in [6.07, 6.45) is 7.60. The summed E-state index contributed by atoms with van der Waals surface area (Å²) >= 11 is 0. The van der Waals surface area contributed by atoms with Gasteiger partial charge >= 0.3 is 0 Å².